The second-order valence-corrected chi connectivity index (χ2v) is 7.51. The van der Waals surface area contributed by atoms with Gasteiger partial charge in [-0.1, -0.05) is 20.8 Å². The lowest BCUT2D eigenvalue weighted by Gasteiger charge is -2.36. The average Bonchev–Trinajstić information content (AvgIpc) is 2.85. The third kappa shape index (κ3) is 3.19. The van der Waals surface area contributed by atoms with Crippen molar-refractivity contribution in [1.82, 2.24) is 0 Å². The zero-order valence-corrected chi connectivity index (χ0v) is 13.2. The fraction of sp³-hybridized carbons (Fsp3) is 0.688. The summed E-state index contributed by atoms with van der Waals surface area (Å²) in [5.41, 5.74) is 0.370. The van der Waals surface area contributed by atoms with Crippen molar-refractivity contribution >= 4 is 17.1 Å². The van der Waals surface area contributed by atoms with Crippen LogP contribution in [-0.4, -0.2) is 12.9 Å². The van der Waals surface area contributed by atoms with Crippen LogP contribution in [-0.2, 0) is 0 Å². The van der Waals surface area contributed by atoms with Crippen LogP contribution < -0.4 is 4.74 Å². The Hall–Kier alpha value is -0.830. The molecular formula is C16H24O2S. The maximum atomic E-state index is 12.5. The van der Waals surface area contributed by atoms with Crippen molar-refractivity contribution in [3.63, 3.8) is 0 Å². The number of rotatable bonds is 3. The van der Waals surface area contributed by atoms with Gasteiger partial charge in [0.15, 0.2) is 5.78 Å². The van der Waals surface area contributed by atoms with E-state index >= 15 is 0 Å². The van der Waals surface area contributed by atoms with Gasteiger partial charge in [0.05, 0.1) is 7.11 Å². The van der Waals surface area contributed by atoms with Gasteiger partial charge in [-0.25, -0.2) is 0 Å². The molecule has 1 aromatic heterocycles. The largest absolute Gasteiger partial charge is 0.495 e. The summed E-state index contributed by atoms with van der Waals surface area (Å²) >= 11 is 1.51. The van der Waals surface area contributed by atoms with Crippen molar-refractivity contribution in [3.8, 4) is 5.75 Å². The summed E-state index contributed by atoms with van der Waals surface area (Å²) in [5, 5.41) is 1.94. The summed E-state index contributed by atoms with van der Waals surface area (Å²) in [6, 6.07) is 1.89. The minimum absolute atomic E-state index is 0.200. The Morgan fingerprint density at radius 3 is 2.42 bits per heavy atom. The van der Waals surface area contributed by atoms with Gasteiger partial charge in [-0.3, -0.25) is 4.79 Å². The smallest absolute Gasteiger partial charge is 0.179 e. The number of Topliss-reactive ketones (excluding diaryl/α,β-unsaturated/α-hetero) is 1. The van der Waals surface area contributed by atoms with Crippen LogP contribution in [0.15, 0.2) is 11.4 Å². The molecule has 0 aliphatic heterocycles. The molecule has 0 aromatic carbocycles. The van der Waals surface area contributed by atoms with E-state index in [9.17, 15) is 4.79 Å². The van der Waals surface area contributed by atoms with Gasteiger partial charge in [-0.2, -0.15) is 0 Å². The van der Waals surface area contributed by atoms with Gasteiger partial charge in [-0.05, 0) is 48.5 Å². The number of thiophene rings is 1. The molecule has 1 aliphatic rings. The van der Waals surface area contributed by atoms with E-state index in [1.807, 2.05) is 11.4 Å². The molecule has 1 aromatic rings. The molecule has 0 atom stereocenters. The van der Waals surface area contributed by atoms with E-state index in [1.54, 1.807) is 7.11 Å². The number of carbonyl (C=O) groups is 1. The molecule has 3 heteroatoms. The molecule has 106 valence electrons. The molecule has 0 saturated heterocycles. The number of methoxy groups -OCH3 is 1. The topological polar surface area (TPSA) is 26.3 Å². The maximum absolute atomic E-state index is 12.5. The Bertz CT molecular complexity index is 434. The van der Waals surface area contributed by atoms with Crippen molar-refractivity contribution in [3.05, 3.63) is 16.3 Å². The van der Waals surface area contributed by atoms with Gasteiger partial charge < -0.3 is 4.74 Å². The van der Waals surface area contributed by atoms with Gasteiger partial charge in [-0.15, -0.1) is 11.3 Å². The SMILES string of the molecule is COc1ccsc1C(=O)C1CCC(C(C)(C)C)CC1. The normalized spacial score (nSPS) is 24.2. The molecule has 0 N–H and O–H groups in total. The van der Waals surface area contributed by atoms with E-state index in [0.717, 1.165) is 29.4 Å². The lowest BCUT2D eigenvalue weighted by Crippen LogP contribution is -2.28. The monoisotopic (exact) mass is 280 g/mol. The Balaban J connectivity index is 2.00. The number of ether oxygens (including phenoxy) is 1. The van der Waals surface area contributed by atoms with Crippen LogP contribution in [0, 0.1) is 17.3 Å². The summed E-state index contributed by atoms with van der Waals surface area (Å²) in [7, 11) is 1.63. The first-order valence-corrected chi connectivity index (χ1v) is 7.97. The highest BCUT2D eigenvalue weighted by atomic mass is 32.1. The van der Waals surface area contributed by atoms with Crippen molar-refractivity contribution in [2.75, 3.05) is 7.11 Å². The Kier molecular flexibility index (Phi) is 4.34. The van der Waals surface area contributed by atoms with E-state index in [4.69, 9.17) is 4.74 Å². The summed E-state index contributed by atoms with van der Waals surface area (Å²) in [5.74, 6) is 1.99. The molecule has 0 radical (unpaired) electrons. The first kappa shape index (κ1) is 14.6. The minimum Gasteiger partial charge on any atom is -0.495 e. The molecule has 0 unspecified atom stereocenters. The van der Waals surface area contributed by atoms with Crippen LogP contribution in [0.2, 0.25) is 0 Å². The zero-order valence-electron chi connectivity index (χ0n) is 12.4. The first-order valence-electron chi connectivity index (χ1n) is 7.09. The molecule has 1 heterocycles. The van der Waals surface area contributed by atoms with Crippen LogP contribution >= 0.6 is 11.3 Å². The molecule has 0 spiro atoms. The summed E-state index contributed by atoms with van der Waals surface area (Å²) in [6.45, 7) is 6.92. The highest BCUT2D eigenvalue weighted by molar-refractivity contribution is 7.12. The van der Waals surface area contributed by atoms with E-state index < -0.39 is 0 Å². The predicted octanol–water partition coefficient (Wildman–Crippen LogP) is 4.79. The van der Waals surface area contributed by atoms with Crippen molar-refractivity contribution in [1.29, 1.82) is 0 Å². The molecule has 1 fully saturated rings. The van der Waals surface area contributed by atoms with Crippen LogP contribution in [0.3, 0.4) is 0 Å². The summed E-state index contributed by atoms with van der Waals surface area (Å²) in [4.78, 5) is 13.3. The number of hydrogen-bond acceptors (Lipinski definition) is 3. The first-order chi connectivity index (χ1) is 8.93. The molecule has 19 heavy (non-hydrogen) atoms. The van der Waals surface area contributed by atoms with E-state index in [-0.39, 0.29) is 5.92 Å². The third-order valence-corrected chi connectivity index (χ3v) is 5.31. The Morgan fingerprint density at radius 1 is 1.26 bits per heavy atom. The van der Waals surface area contributed by atoms with Crippen molar-refractivity contribution in [2.24, 2.45) is 17.3 Å². The second kappa shape index (κ2) is 5.66. The van der Waals surface area contributed by atoms with E-state index in [1.165, 1.54) is 24.2 Å². The average molecular weight is 280 g/mol. The molecule has 2 rings (SSSR count). The van der Waals surface area contributed by atoms with Crippen molar-refractivity contribution < 1.29 is 9.53 Å². The highest BCUT2D eigenvalue weighted by Crippen LogP contribution is 2.41. The lowest BCUT2D eigenvalue weighted by atomic mass is 9.69. The molecule has 1 saturated carbocycles. The van der Waals surface area contributed by atoms with Gasteiger partial charge in [0.25, 0.3) is 0 Å². The summed E-state index contributed by atoms with van der Waals surface area (Å²) < 4.78 is 5.26. The highest BCUT2D eigenvalue weighted by Gasteiger charge is 2.33. The van der Waals surface area contributed by atoms with E-state index in [0.29, 0.717) is 11.2 Å². The minimum atomic E-state index is 0.200. The molecule has 2 nitrogen and oxygen atoms in total. The summed E-state index contributed by atoms with van der Waals surface area (Å²) in [6.07, 6.45) is 4.41. The standard InChI is InChI=1S/C16H24O2S/c1-16(2,3)12-7-5-11(6-8-12)14(17)15-13(18-4)9-10-19-15/h9-12H,5-8H2,1-4H3. The molecule has 0 amide bonds. The zero-order chi connectivity index (χ0) is 14.0. The maximum Gasteiger partial charge on any atom is 0.179 e. The van der Waals surface area contributed by atoms with Gasteiger partial charge in [0.1, 0.15) is 10.6 Å². The lowest BCUT2D eigenvalue weighted by molar-refractivity contribution is 0.0821. The number of ketones is 1. The number of carbonyl (C=O) groups excluding carboxylic acids is 1. The van der Waals surface area contributed by atoms with Crippen LogP contribution in [0.5, 0.6) is 5.75 Å². The Labute approximate surface area is 120 Å². The van der Waals surface area contributed by atoms with Gasteiger partial charge in [0.2, 0.25) is 0 Å². The molecule has 0 bridgehead atoms. The predicted molar refractivity (Wildman–Crippen MR) is 80.1 cm³/mol. The second-order valence-electron chi connectivity index (χ2n) is 6.60. The van der Waals surface area contributed by atoms with Crippen molar-refractivity contribution in [2.45, 2.75) is 46.5 Å². The van der Waals surface area contributed by atoms with Crippen LogP contribution in [0.1, 0.15) is 56.1 Å². The van der Waals surface area contributed by atoms with Gasteiger partial charge in [0, 0.05) is 5.92 Å². The molecular weight excluding hydrogens is 256 g/mol. The van der Waals surface area contributed by atoms with Crippen LogP contribution in [0.4, 0.5) is 0 Å². The fourth-order valence-corrected chi connectivity index (χ4v) is 3.92. The quantitative estimate of drug-likeness (QED) is 0.744. The third-order valence-electron chi connectivity index (χ3n) is 4.40. The van der Waals surface area contributed by atoms with Crippen LogP contribution in [0.25, 0.3) is 0 Å². The van der Waals surface area contributed by atoms with E-state index in [2.05, 4.69) is 20.8 Å². The Morgan fingerprint density at radius 2 is 1.89 bits per heavy atom. The molecule has 1 aliphatic carbocycles. The van der Waals surface area contributed by atoms with Gasteiger partial charge >= 0.3 is 0 Å². The number of hydrogen-bond donors (Lipinski definition) is 0. The fourth-order valence-electron chi connectivity index (χ4n) is 3.04.